The molecule has 0 saturated carbocycles. The second-order valence-electron chi connectivity index (χ2n) is 12.1. The number of amides is 1. The molecule has 1 amide bonds. The number of carbonyl (C=O) groups excluding carboxylic acids is 1. The van der Waals surface area contributed by atoms with Gasteiger partial charge in [-0.2, -0.15) is 13.2 Å². The fraction of sp³-hybridized carbons (Fsp3) is 0.548. The smallest absolute Gasteiger partial charge is 0.416 e. The molecular weight excluding hydrogens is 556 g/mol. The molecule has 0 bridgehead atoms. The molecule has 4 rings (SSSR count). The number of hydrogen-bond donors (Lipinski definition) is 1. The second kappa shape index (κ2) is 12.1. The number of nitrogens with zero attached hydrogens (tertiary/aromatic N) is 2. The van der Waals surface area contributed by atoms with Crippen molar-refractivity contribution in [3.05, 3.63) is 59.2 Å². The van der Waals surface area contributed by atoms with Gasteiger partial charge in [0.05, 0.1) is 19.3 Å². The molecule has 0 aromatic heterocycles. The second-order valence-corrected chi connectivity index (χ2v) is 12.1. The summed E-state index contributed by atoms with van der Waals surface area (Å²) in [7, 11) is 1.54. The van der Waals surface area contributed by atoms with Gasteiger partial charge in [0.2, 0.25) is 5.67 Å². The van der Waals surface area contributed by atoms with Crippen LogP contribution in [0.25, 0.3) is 0 Å². The standard InChI is InChI=1S/C31H38F4N2O5/c1-29(2,3)37-18-25(20-7-10-23(41-4)11-8-20)30(32,19-37)28(40)36-14-13-21(17-36)24-12-9-22(31(33,34)35)16-26(24)42-15-5-6-27(38)39/h7-12,16,21,25H,5-6,13-15,17-19H2,1-4H3,(H,38,39)/t21-,25+,30+/m1/s1. The number of ether oxygens (including phenoxy) is 2. The van der Waals surface area contributed by atoms with Gasteiger partial charge >= 0.3 is 12.1 Å². The lowest BCUT2D eigenvalue weighted by Gasteiger charge is -2.33. The SMILES string of the molecule is COc1ccc([C@@H]2CN(C(C)(C)C)C[C@@]2(F)C(=O)N2CC[C@@H](c3ccc(C(F)(F)F)cc3OCCCC(=O)O)C2)cc1. The largest absolute Gasteiger partial charge is 0.497 e. The molecule has 0 unspecified atom stereocenters. The summed E-state index contributed by atoms with van der Waals surface area (Å²) >= 11 is 0. The van der Waals surface area contributed by atoms with Crippen LogP contribution in [0, 0.1) is 0 Å². The van der Waals surface area contributed by atoms with Gasteiger partial charge in [0.25, 0.3) is 5.91 Å². The van der Waals surface area contributed by atoms with Crippen LogP contribution in [0.4, 0.5) is 17.6 Å². The van der Waals surface area contributed by atoms with Crippen molar-refractivity contribution < 1.29 is 41.7 Å². The highest BCUT2D eigenvalue weighted by molar-refractivity contribution is 5.88. The summed E-state index contributed by atoms with van der Waals surface area (Å²) in [5.41, 5.74) is -2.29. The first-order valence-corrected chi connectivity index (χ1v) is 14.1. The first kappa shape index (κ1) is 31.6. The summed E-state index contributed by atoms with van der Waals surface area (Å²) in [6.45, 7) is 6.50. The van der Waals surface area contributed by atoms with Crippen LogP contribution in [0.1, 0.15) is 68.6 Å². The number of halogens is 4. The quantitative estimate of drug-likeness (QED) is 0.289. The number of methoxy groups -OCH3 is 1. The highest BCUT2D eigenvalue weighted by atomic mass is 19.4. The van der Waals surface area contributed by atoms with Gasteiger partial charge < -0.3 is 19.5 Å². The van der Waals surface area contributed by atoms with E-state index in [0.717, 1.165) is 12.1 Å². The molecular formula is C31H38F4N2O5. The Bertz CT molecular complexity index is 1280. The van der Waals surface area contributed by atoms with E-state index < -0.39 is 35.2 Å². The van der Waals surface area contributed by atoms with E-state index in [4.69, 9.17) is 14.6 Å². The third-order valence-corrected chi connectivity index (χ3v) is 8.25. The number of carbonyl (C=O) groups is 2. The fourth-order valence-electron chi connectivity index (χ4n) is 5.79. The van der Waals surface area contributed by atoms with E-state index in [1.54, 1.807) is 31.4 Å². The molecule has 0 radical (unpaired) electrons. The minimum atomic E-state index is -4.59. The van der Waals surface area contributed by atoms with Crippen molar-refractivity contribution in [1.82, 2.24) is 9.80 Å². The van der Waals surface area contributed by atoms with Crippen molar-refractivity contribution >= 4 is 11.9 Å². The predicted octanol–water partition coefficient (Wildman–Crippen LogP) is 5.88. The number of carboxylic acid groups (broad SMARTS) is 1. The Morgan fingerprint density at radius 3 is 2.36 bits per heavy atom. The molecule has 0 spiro atoms. The van der Waals surface area contributed by atoms with Crippen LogP contribution in [0.2, 0.25) is 0 Å². The fourth-order valence-corrected chi connectivity index (χ4v) is 5.79. The van der Waals surface area contributed by atoms with E-state index in [-0.39, 0.29) is 56.3 Å². The van der Waals surface area contributed by atoms with E-state index in [2.05, 4.69) is 0 Å². The van der Waals surface area contributed by atoms with E-state index in [1.807, 2.05) is 25.7 Å². The summed E-state index contributed by atoms with van der Waals surface area (Å²) < 4.78 is 68.3. The first-order valence-electron chi connectivity index (χ1n) is 14.1. The van der Waals surface area contributed by atoms with Crippen molar-refractivity contribution in [1.29, 1.82) is 0 Å². The van der Waals surface area contributed by atoms with Gasteiger partial charge in [0.15, 0.2) is 0 Å². The molecule has 2 aliphatic heterocycles. The van der Waals surface area contributed by atoms with Crippen molar-refractivity contribution in [2.45, 2.75) is 69.3 Å². The Morgan fingerprint density at radius 2 is 1.76 bits per heavy atom. The third-order valence-electron chi connectivity index (χ3n) is 8.25. The average molecular weight is 595 g/mol. The summed E-state index contributed by atoms with van der Waals surface area (Å²) in [5.74, 6) is -2.12. The van der Waals surface area contributed by atoms with Gasteiger partial charge in [-0.3, -0.25) is 14.5 Å². The number of aliphatic carboxylic acids is 1. The minimum absolute atomic E-state index is 0.000331. The zero-order valence-corrected chi connectivity index (χ0v) is 24.3. The van der Waals surface area contributed by atoms with Crippen molar-refractivity contribution in [3.63, 3.8) is 0 Å². The van der Waals surface area contributed by atoms with E-state index >= 15 is 4.39 Å². The molecule has 2 saturated heterocycles. The maximum Gasteiger partial charge on any atom is 0.416 e. The molecule has 2 aliphatic rings. The molecule has 2 aromatic rings. The lowest BCUT2D eigenvalue weighted by Crippen LogP contribution is -2.51. The monoisotopic (exact) mass is 594 g/mol. The summed E-state index contributed by atoms with van der Waals surface area (Å²) in [6, 6.07) is 10.3. The van der Waals surface area contributed by atoms with Gasteiger partial charge in [0.1, 0.15) is 11.5 Å². The van der Waals surface area contributed by atoms with Crippen LogP contribution in [0.15, 0.2) is 42.5 Å². The molecule has 3 atom stereocenters. The van der Waals surface area contributed by atoms with Crippen LogP contribution < -0.4 is 9.47 Å². The molecule has 42 heavy (non-hydrogen) atoms. The van der Waals surface area contributed by atoms with Crippen LogP contribution >= 0.6 is 0 Å². The highest BCUT2D eigenvalue weighted by Gasteiger charge is 2.57. The van der Waals surface area contributed by atoms with Gasteiger partial charge in [-0.05, 0) is 69.0 Å². The van der Waals surface area contributed by atoms with Gasteiger partial charge in [-0.1, -0.05) is 18.2 Å². The number of likely N-dealkylation sites (tertiary alicyclic amines) is 2. The number of alkyl halides is 4. The maximum atomic E-state index is 17.1. The lowest BCUT2D eigenvalue weighted by molar-refractivity contribution is -0.143. The third kappa shape index (κ3) is 6.82. The van der Waals surface area contributed by atoms with Crippen molar-refractivity contribution in [2.75, 3.05) is 39.9 Å². The first-order chi connectivity index (χ1) is 19.6. The Kier molecular flexibility index (Phi) is 9.11. The molecule has 11 heteroatoms. The lowest BCUT2D eigenvalue weighted by atomic mass is 9.85. The molecule has 2 heterocycles. The topological polar surface area (TPSA) is 79.3 Å². The van der Waals surface area contributed by atoms with E-state index in [1.165, 1.54) is 11.0 Å². The molecule has 0 aliphatic carbocycles. The van der Waals surface area contributed by atoms with Crippen molar-refractivity contribution in [3.8, 4) is 11.5 Å². The van der Waals surface area contributed by atoms with Crippen LogP contribution in [0.5, 0.6) is 11.5 Å². The maximum absolute atomic E-state index is 17.1. The Hall–Kier alpha value is -3.34. The Balaban J connectivity index is 1.57. The predicted molar refractivity (Wildman–Crippen MR) is 149 cm³/mol. The molecule has 7 nitrogen and oxygen atoms in total. The van der Waals surface area contributed by atoms with Crippen LogP contribution in [0.3, 0.4) is 0 Å². The normalized spacial score (nSPS) is 23.3. The molecule has 230 valence electrons. The van der Waals surface area contributed by atoms with E-state index in [9.17, 15) is 22.8 Å². The number of benzene rings is 2. The highest BCUT2D eigenvalue weighted by Crippen LogP contribution is 2.45. The summed E-state index contributed by atoms with van der Waals surface area (Å²) in [5, 5.41) is 8.88. The molecule has 2 fully saturated rings. The number of carboxylic acids is 1. The molecule has 2 aromatic carbocycles. The summed E-state index contributed by atoms with van der Waals surface area (Å²) in [6.07, 6.45) is -4.22. The van der Waals surface area contributed by atoms with Gasteiger partial charge in [0, 0.05) is 50.0 Å². The summed E-state index contributed by atoms with van der Waals surface area (Å²) in [4.78, 5) is 28.2. The number of rotatable bonds is 9. The molecule has 1 N–H and O–H groups in total. The van der Waals surface area contributed by atoms with Crippen LogP contribution in [-0.2, 0) is 15.8 Å². The zero-order valence-electron chi connectivity index (χ0n) is 24.3. The minimum Gasteiger partial charge on any atom is -0.497 e. The average Bonchev–Trinajstić information content (AvgIpc) is 3.56. The van der Waals surface area contributed by atoms with Gasteiger partial charge in [-0.25, -0.2) is 4.39 Å². The number of hydrogen-bond acceptors (Lipinski definition) is 5. The zero-order chi connectivity index (χ0) is 30.9. The van der Waals surface area contributed by atoms with E-state index in [0.29, 0.717) is 29.8 Å². The van der Waals surface area contributed by atoms with Crippen LogP contribution in [-0.4, -0.2) is 77.9 Å². The van der Waals surface area contributed by atoms with Crippen molar-refractivity contribution in [2.24, 2.45) is 0 Å². The van der Waals surface area contributed by atoms with Gasteiger partial charge in [-0.15, -0.1) is 0 Å². The Morgan fingerprint density at radius 1 is 1.07 bits per heavy atom. The Labute approximate surface area is 243 Å².